The first-order chi connectivity index (χ1) is 8.24. The van der Waals surface area contributed by atoms with E-state index in [0.29, 0.717) is 23.7 Å². The van der Waals surface area contributed by atoms with Gasteiger partial charge in [0.1, 0.15) is 5.82 Å². The van der Waals surface area contributed by atoms with Crippen molar-refractivity contribution < 1.29 is 5.11 Å². The summed E-state index contributed by atoms with van der Waals surface area (Å²) in [7, 11) is 0. The monoisotopic (exact) mass is 251 g/mol. The molecule has 2 aromatic rings. The van der Waals surface area contributed by atoms with E-state index in [1.165, 1.54) is 0 Å². The van der Waals surface area contributed by atoms with Crippen molar-refractivity contribution in [3.05, 3.63) is 29.4 Å². The summed E-state index contributed by atoms with van der Waals surface area (Å²) in [6.45, 7) is 0.830. The van der Waals surface area contributed by atoms with Gasteiger partial charge in [0.15, 0.2) is 0 Å². The molecule has 0 unspecified atom stereocenters. The molecule has 4 N–H and O–H groups in total. The normalized spacial score (nSPS) is 10.7. The number of aliphatic hydroxyl groups excluding tert-OH is 1. The molecule has 0 saturated carbocycles. The molecule has 1 aromatic carbocycles. The van der Waals surface area contributed by atoms with Crippen molar-refractivity contribution in [2.24, 2.45) is 0 Å². The average Bonchev–Trinajstić information content (AvgIpc) is 2.35. The second-order valence-electron chi connectivity index (χ2n) is 3.72. The Bertz CT molecular complexity index is 530. The van der Waals surface area contributed by atoms with Crippen LogP contribution >= 0.6 is 11.6 Å². The Balaban J connectivity index is 2.40. The van der Waals surface area contributed by atoms with Crippen LogP contribution in [0, 0.1) is 0 Å². The molecule has 0 radical (unpaired) electrons. The van der Waals surface area contributed by atoms with Crippen LogP contribution in [0.3, 0.4) is 0 Å². The number of aliphatic hydroxyl groups is 1. The fourth-order valence-corrected chi connectivity index (χ4v) is 1.84. The van der Waals surface area contributed by atoms with E-state index >= 15 is 0 Å². The van der Waals surface area contributed by atoms with Crippen molar-refractivity contribution in [2.45, 2.75) is 6.42 Å². The largest absolute Gasteiger partial charge is 0.397 e. The van der Waals surface area contributed by atoms with Crippen LogP contribution in [0.25, 0.3) is 10.8 Å². The summed E-state index contributed by atoms with van der Waals surface area (Å²) in [6, 6.07) is 5.49. The molecule has 0 aliphatic heterocycles. The van der Waals surface area contributed by atoms with Gasteiger partial charge in [0, 0.05) is 30.1 Å². The van der Waals surface area contributed by atoms with Gasteiger partial charge in [0.05, 0.1) is 10.7 Å². The predicted molar refractivity (Wildman–Crippen MR) is 71.4 cm³/mol. The Morgan fingerprint density at radius 1 is 1.29 bits per heavy atom. The van der Waals surface area contributed by atoms with Gasteiger partial charge < -0.3 is 16.2 Å². The number of nitrogens with one attached hydrogen (secondary N) is 1. The second kappa shape index (κ2) is 5.21. The van der Waals surface area contributed by atoms with Crippen molar-refractivity contribution in [2.75, 3.05) is 24.2 Å². The maximum Gasteiger partial charge on any atom is 0.133 e. The van der Waals surface area contributed by atoms with Gasteiger partial charge in [-0.15, -0.1) is 0 Å². The third kappa shape index (κ3) is 2.43. The van der Waals surface area contributed by atoms with E-state index in [1.54, 1.807) is 12.3 Å². The number of hydrogen-bond acceptors (Lipinski definition) is 4. The third-order valence-corrected chi connectivity index (χ3v) is 2.89. The number of pyridine rings is 1. The zero-order valence-electron chi connectivity index (χ0n) is 9.28. The minimum absolute atomic E-state index is 0.158. The lowest BCUT2D eigenvalue weighted by Crippen LogP contribution is -2.05. The summed E-state index contributed by atoms with van der Waals surface area (Å²) in [6.07, 6.45) is 2.37. The molecule has 0 aliphatic carbocycles. The molecule has 5 heteroatoms. The van der Waals surface area contributed by atoms with Crippen LogP contribution in [0.5, 0.6) is 0 Å². The first-order valence-corrected chi connectivity index (χ1v) is 5.79. The molecule has 0 aliphatic rings. The first kappa shape index (κ1) is 12.0. The minimum Gasteiger partial charge on any atom is -0.397 e. The van der Waals surface area contributed by atoms with Crippen molar-refractivity contribution >= 4 is 33.9 Å². The molecule has 1 heterocycles. The molecule has 90 valence electrons. The van der Waals surface area contributed by atoms with Gasteiger partial charge in [-0.3, -0.25) is 0 Å². The quantitative estimate of drug-likeness (QED) is 0.576. The lowest BCUT2D eigenvalue weighted by atomic mass is 10.1. The topological polar surface area (TPSA) is 71.2 Å². The number of aromatic nitrogens is 1. The van der Waals surface area contributed by atoms with Gasteiger partial charge >= 0.3 is 0 Å². The first-order valence-electron chi connectivity index (χ1n) is 5.41. The molecule has 0 bridgehead atoms. The second-order valence-corrected chi connectivity index (χ2v) is 4.13. The van der Waals surface area contributed by atoms with E-state index in [2.05, 4.69) is 10.3 Å². The SMILES string of the molecule is Nc1c(Cl)ccc2c(NCCCO)nccc12. The van der Waals surface area contributed by atoms with Crippen molar-refractivity contribution in [3.63, 3.8) is 0 Å². The van der Waals surface area contributed by atoms with Crippen LogP contribution in [0.1, 0.15) is 6.42 Å². The molecule has 17 heavy (non-hydrogen) atoms. The summed E-state index contributed by atoms with van der Waals surface area (Å²) >= 11 is 5.97. The molecular weight excluding hydrogens is 238 g/mol. The summed E-state index contributed by atoms with van der Waals surface area (Å²) in [5, 5.41) is 14.3. The van der Waals surface area contributed by atoms with E-state index < -0.39 is 0 Å². The van der Waals surface area contributed by atoms with E-state index in [-0.39, 0.29) is 6.61 Å². The Kier molecular flexibility index (Phi) is 3.66. The zero-order chi connectivity index (χ0) is 12.3. The minimum atomic E-state index is 0.158. The van der Waals surface area contributed by atoms with E-state index in [0.717, 1.165) is 16.6 Å². The summed E-state index contributed by atoms with van der Waals surface area (Å²) in [5.74, 6) is 0.763. The number of nitrogens with zero attached hydrogens (tertiary/aromatic N) is 1. The summed E-state index contributed by atoms with van der Waals surface area (Å²) in [5.41, 5.74) is 6.48. The van der Waals surface area contributed by atoms with Gasteiger partial charge in [0.2, 0.25) is 0 Å². The highest BCUT2D eigenvalue weighted by Gasteiger charge is 2.06. The van der Waals surface area contributed by atoms with Crippen LogP contribution in [0.15, 0.2) is 24.4 Å². The number of fused-ring (bicyclic) bond motifs is 1. The molecule has 0 fully saturated rings. The molecular formula is C12H14ClN3O. The maximum absolute atomic E-state index is 8.74. The van der Waals surface area contributed by atoms with Gasteiger partial charge in [-0.25, -0.2) is 4.98 Å². The van der Waals surface area contributed by atoms with Gasteiger partial charge in [0.25, 0.3) is 0 Å². The number of anilines is 2. The van der Waals surface area contributed by atoms with E-state index in [1.807, 2.05) is 12.1 Å². The van der Waals surface area contributed by atoms with Crippen LogP contribution in [-0.4, -0.2) is 23.2 Å². The molecule has 0 atom stereocenters. The highest BCUT2D eigenvalue weighted by Crippen LogP contribution is 2.31. The number of hydrogen-bond donors (Lipinski definition) is 3. The number of rotatable bonds is 4. The molecule has 2 rings (SSSR count). The average molecular weight is 252 g/mol. The van der Waals surface area contributed by atoms with E-state index in [4.69, 9.17) is 22.4 Å². The van der Waals surface area contributed by atoms with Crippen LogP contribution in [0.4, 0.5) is 11.5 Å². The van der Waals surface area contributed by atoms with Crippen LogP contribution in [0.2, 0.25) is 5.02 Å². The highest BCUT2D eigenvalue weighted by atomic mass is 35.5. The smallest absolute Gasteiger partial charge is 0.133 e. The molecule has 0 saturated heterocycles. The van der Waals surface area contributed by atoms with Gasteiger partial charge in [-0.2, -0.15) is 0 Å². The standard InChI is InChI=1S/C12H14ClN3O/c13-10-3-2-9-8(11(10)14)4-6-16-12(9)15-5-1-7-17/h2-4,6,17H,1,5,7,14H2,(H,15,16). The molecule has 0 amide bonds. The molecule has 1 aromatic heterocycles. The van der Waals surface area contributed by atoms with Crippen molar-refractivity contribution in [1.29, 1.82) is 0 Å². The lowest BCUT2D eigenvalue weighted by Gasteiger charge is -2.10. The van der Waals surface area contributed by atoms with Gasteiger partial charge in [-0.05, 0) is 24.6 Å². The Morgan fingerprint density at radius 3 is 2.88 bits per heavy atom. The predicted octanol–water partition coefficient (Wildman–Crippen LogP) is 2.26. The Morgan fingerprint density at radius 2 is 2.12 bits per heavy atom. The molecule has 4 nitrogen and oxygen atoms in total. The number of nitrogens with two attached hydrogens (primary N) is 1. The maximum atomic E-state index is 8.74. The van der Waals surface area contributed by atoms with Crippen molar-refractivity contribution in [1.82, 2.24) is 4.98 Å². The zero-order valence-corrected chi connectivity index (χ0v) is 10.0. The fraction of sp³-hybridized carbons (Fsp3) is 0.250. The van der Waals surface area contributed by atoms with Crippen molar-refractivity contribution in [3.8, 4) is 0 Å². The third-order valence-electron chi connectivity index (χ3n) is 2.56. The van der Waals surface area contributed by atoms with Crippen LogP contribution in [-0.2, 0) is 0 Å². The van der Waals surface area contributed by atoms with E-state index in [9.17, 15) is 0 Å². The Labute approximate surface area is 104 Å². The fourth-order valence-electron chi connectivity index (χ4n) is 1.68. The summed E-state index contributed by atoms with van der Waals surface area (Å²) < 4.78 is 0. The highest BCUT2D eigenvalue weighted by molar-refractivity contribution is 6.34. The Hall–Kier alpha value is -1.52. The number of nitrogen functional groups attached to an aromatic ring is 1. The van der Waals surface area contributed by atoms with Crippen LogP contribution < -0.4 is 11.1 Å². The molecule has 0 spiro atoms. The number of benzene rings is 1. The lowest BCUT2D eigenvalue weighted by molar-refractivity contribution is 0.292. The van der Waals surface area contributed by atoms with Gasteiger partial charge in [-0.1, -0.05) is 11.6 Å². The number of halogens is 1. The summed E-state index contributed by atoms with van der Waals surface area (Å²) in [4.78, 5) is 4.26.